The van der Waals surface area contributed by atoms with Crippen molar-refractivity contribution in [3.05, 3.63) is 12.3 Å². The number of anilines is 1. The van der Waals surface area contributed by atoms with Crippen LogP contribution < -0.4 is 10.6 Å². The van der Waals surface area contributed by atoms with Crippen LogP contribution in [0.15, 0.2) is 12.3 Å². The number of amides is 1. The molecule has 0 saturated carbocycles. The third-order valence-corrected chi connectivity index (χ3v) is 3.86. The summed E-state index contributed by atoms with van der Waals surface area (Å²) in [5.41, 5.74) is -0.438. The van der Waals surface area contributed by atoms with Crippen LogP contribution in [0.4, 0.5) is 5.82 Å². The van der Waals surface area contributed by atoms with Gasteiger partial charge in [0.25, 0.3) is 0 Å². The van der Waals surface area contributed by atoms with E-state index in [0.717, 1.165) is 31.7 Å². The van der Waals surface area contributed by atoms with E-state index < -0.39 is 5.41 Å². The van der Waals surface area contributed by atoms with E-state index in [9.17, 15) is 4.79 Å². The number of ether oxygens (including phenoxy) is 1. The number of aromatic nitrogens is 2. The van der Waals surface area contributed by atoms with Gasteiger partial charge in [-0.3, -0.25) is 4.79 Å². The molecule has 0 radical (unpaired) electrons. The van der Waals surface area contributed by atoms with Gasteiger partial charge < -0.3 is 15.4 Å². The lowest BCUT2D eigenvalue weighted by molar-refractivity contribution is -0.130. The molecule has 2 heterocycles. The number of carbonyl (C=O) groups excluding carboxylic acids is 1. The van der Waals surface area contributed by atoms with Crippen molar-refractivity contribution in [3.63, 3.8) is 0 Å². The molecule has 1 aliphatic heterocycles. The van der Waals surface area contributed by atoms with Crippen molar-refractivity contribution in [2.24, 2.45) is 5.41 Å². The molecule has 1 aromatic heterocycles. The fraction of sp³-hybridized carbons (Fsp3) is 0.714. The van der Waals surface area contributed by atoms with Gasteiger partial charge in [0.1, 0.15) is 5.82 Å². The average molecular weight is 280 g/mol. The van der Waals surface area contributed by atoms with E-state index in [1.54, 1.807) is 13.3 Å². The minimum absolute atomic E-state index is 0.0308. The Balaban J connectivity index is 2.14. The molecule has 0 atom stereocenters. The lowest BCUT2D eigenvalue weighted by atomic mass is 9.78. The van der Waals surface area contributed by atoms with Gasteiger partial charge in [-0.2, -0.15) is 5.10 Å². The zero-order valence-electron chi connectivity index (χ0n) is 12.5. The van der Waals surface area contributed by atoms with Gasteiger partial charge in [0.15, 0.2) is 0 Å². The van der Waals surface area contributed by atoms with Gasteiger partial charge in [-0.1, -0.05) is 0 Å². The molecule has 112 valence electrons. The number of nitrogens with one attached hydrogen (secondary N) is 2. The topological polar surface area (TPSA) is 68.2 Å². The van der Waals surface area contributed by atoms with Gasteiger partial charge >= 0.3 is 0 Å². The molecule has 1 saturated heterocycles. The molecule has 0 bridgehead atoms. The largest absolute Gasteiger partial charge is 0.384 e. The Labute approximate surface area is 119 Å². The first kappa shape index (κ1) is 15.0. The van der Waals surface area contributed by atoms with E-state index in [1.807, 2.05) is 24.6 Å². The molecular formula is C14H24N4O2. The van der Waals surface area contributed by atoms with Crippen molar-refractivity contribution >= 4 is 11.7 Å². The van der Waals surface area contributed by atoms with Crippen LogP contribution in [0, 0.1) is 5.41 Å². The monoisotopic (exact) mass is 280 g/mol. The second-order valence-corrected chi connectivity index (χ2v) is 5.67. The van der Waals surface area contributed by atoms with Gasteiger partial charge in [-0.15, -0.1) is 0 Å². The van der Waals surface area contributed by atoms with Crippen molar-refractivity contribution in [2.45, 2.75) is 32.7 Å². The second-order valence-electron chi connectivity index (χ2n) is 5.67. The number of carbonyl (C=O) groups is 1. The van der Waals surface area contributed by atoms with Crippen molar-refractivity contribution in [3.8, 4) is 0 Å². The fourth-order valence-corrected chi connectivity index (χ4v) is 2.69. The Kier molecular flexibility index (Phi) is 4.77. The molecule has 1 amide bonds. The highest BCUT2D eigenvalue weighted by Crippen LogP contribution is 2.31. The Morgan fingerprint density at radius 1 is 1.55 bits per heavy atom. The van der Waals surface area contributed by atoms with Crippen LogP contribution in [-0.2, 0) is 9.53 Å². The molecule has 0 aliphatic carbocycles. The summed E-state index contributed by atoms with van der Waals surface area (Å²) in [5, 5.41) is 10.6. The molecule has 6 heteroatoms. The van der Waals surface area contributed by atoms with E-state index in [0.29, 0.717) is 6.61 Å². The number of rotatable bonds is 5. The Bertz CT molecular complexity index is 444. The summed E-state index contributed by atoms with van der Waals surface area (Å²) in [4.78, 5) is 12.7. The summed E-state index contributed by atoms with van der Waals surface area (Å²) < 4.78 is 7.11. The van der Waals surface area contributed by atoms with Gasteiger partial charge in [0.05, 0.1) is 18.2 Å². The van der Waals surface area contributed by atoms with Crippen LogP contribution in [0.1, 0.15) is 32.7 Å². The summed E-state index contributed by atoms with van der Waals surface area (Å²) in [7, 11) is 1.65. The lowest BCUT2D eigenvalue weighted by Gasteiger charge is -2.35. The van der Waals surface area contributed by atoms with E-state index in [1.165, 1.54) is 0 Å². The molecule has 2 rings (SSSR count). The number of methoxy groups -OCH3 is 1. The minimum Gasteiger partial charge on any atom is -0.384 e. The van der Waals surface area contributed by atoms with Crippen LogP contribution in [0.25, 0.3) is 0 Å². The lowest BCUT2D eigenvalue weighted by Crippen LogP contribution is -2.47. The van der Waals surface area contributed by atoms with E-state index >= 15 is 0 Å². The number of hydrogen-bond acceptors (Lipinski definition) is 4. The second kappa shape index (κ2) is 6.37. The van der Waals surface area contributed by atoms with Crippen molar-refractivity contribution in [2.75, 3.05) is 32.1 Å². The predicted octanol–water partition coefficient (Wildman–Crippen LogP) is 1.42. The minimum atomic E-state index is -0.438. The SMILES string of the molecule is COCC1(C(=O)Nc2ccnn2C(C)C)CCNCC1. The summed E-state index contributed by atoms with van der Waals surface area (Å²) in [6.07, 6.45) is 3.30. The molecule has 1 fully saturated rings. The highest BCUT2D eigenvalue weighted by molar-refractivity contribution is 5.94. The van der Waals surface area contributed by atoms with E-state index in [-0.39, 0.29) is 11.9 Å². The maximum atomic E-state index is 12.7. The molecular weight excluding hydrogens is 256 g/mol. The standard InChI is InChI=1S/C14H24N4O2/c1-11(2)18-12(4-7-16-18)17-13(19)14(10-20-3)5-8-15-9-6-14/h4,7,11,15H,5-6,8-10H2,1-3H3,(H,17,19). The third-order valence-electron chi connectivity index (χ3n) is 3.86. The van der Waals surface area contributed by atoms with Crippen LogP contribution in [0.2, 0.25) is 0 Å². The molecule has 1 aliphatic rings. The quantitative estimate of drug-likeness (QED) is 0.856. The molecule has 20 heavy (non-hydrogen) atoms. The van der Waals surface area contributed by atoms with Crippen LogP contribution >= 0.6 is 0 Å². The molecule has 0 aromatic carbocycles. The number of nitrogens with zero attached hydrogens (tertiary/aromatic N) is 2. The zero-order valence-corrected chi connectivity index (χ0v) is 12.5. The normalized spacial score (nSPS) is 18.2. The van der Waals surface area contributed by atoms with E-state index in [2.05, 4.69) is 15.7 Å². The van der Waals surface area contributed by atoms with Gasteiger partial charge in [0.2, 0.25) is 5.91 Å². The van der Waals surface area contributed by atoms with Gasteiger partial charge in [0, 0.05) is 19.2 Å². The summed E-state index contributed by atoms with van der Waals surface area (Å²) in [6, 6.07) is 2.05. The highest BCUT2D eigenvalue weighted by Gasteiger charge is 2.40. The van der Waals surface area contributed by atoms with Crippen LogP contribution in [-0.4, -0.2) is 42.5 Å². The summed E-state index contributed by atoms with van der Waals surface area (Å²) in [5.74, 6) is 0.780. The van der Waals surface area contributed by atoms with Crippen molar-refractivity contribution in [1.29, 1.82) is 0 Å². The first-order valence-corrected chi connectivity index (χ1v) is 7.14. The predicted molar refractivity (Wildman–Crippen MR) is 77.7 cm³/mol. The fourth-order valence-electron chi connectivity index (χ4n) is 2.69. The smallest absolute Gasteiger partial charge is 0.234 e. The van der Waals surface area contributed by atoms with Gasteiger partial charge in [-0.25, -0.2) is 4.68 Å². The highest BCUT2D eigenvalue weighted by atomic mass is 16.5. The first-order valence-electron chi connectivity index (χ1n) is 7.14. The number of hydrogen-bond donors (Lipinski definition) is 2. The zero-order chi connectivity index (χ0) is 14.6. The maximum absolute atomic E-state index is 12.7. The number of piperidine rings is 1. The molecule has 6 nitrogen and oxygen atoms in total. The van der Waals surface area contributed by atoms with Crippen molar-refractivity contribution in [1.82, 2.24) is 15.1 Å². The van der Waals surface area contributed by atoms with Gasteiger partial charge in [-0.05, 0) is 39.8 Å². The molecule has 1 aromatic rings. The Hall–Kier alpha value is -1.40. The summed E-state index contributed by atoms with van der Waals surface area (Å²) in [6.45, 7) is 6.23. The average Bonchev–Trinajstić information content (AvgIpc) is 2.88. The first-order chi connectivity index (χ1) is 9.59. The third kappa shape index (κ3) is 3.02. The van der Waals surface area contributed by atoms with Crippen LogP contribution in [0.3, 0.4) is 0 Å². The van der Waals surface area contributed by atoms with E-state index in [4.69, 9.17) is 4.74 Å². The molecule has 0 unspecified atom stereocenters. The maximum Gasteiger partial charge on any atom is 0.234 e. The van der Waals surface area contributed by atoms with Crippen LogP contribution in [0.5, 0.6) is 0 Å². The molecule has 0 spiro atoms. The summed E-state index contributed by atoms with van der Waals surface area (Å²) >= 11 is 0. The Morgan fingerprint density at radius 2 is 2.25 bits per heavy atom. The molecule has 2 N–H and O–H groups in total. The Morgan fingerprint density at radius 3 is 2.85 bits per heavy atom. The van der Waals surface area contributed by atoms with Crippen molar-refractivity contribution < 1.29 is 9.53 Å².